The molecule has 1 spiro atoms. The molecule has 12 rings (SSSR count). The van der Waals surface area contributed by atoms with Gasteiger partial charge in [0.2, 0.25) is 23.6 Å². The van der Waals surface area contributed by atoms with E-state index in [1.807, 2.05) is 33.2 Å². The third-order valence-corrected chi connectivity index (χ3v) is 17.4. The van der Waals surface area contributed by atoms with Crippen molar-refractivity contribution in [1.82, 2.24) is 44.4 Å². The number of hydrogen-bond donors (Lipinski definition) is 2. The first-order valence-electron chi connectivity index (χ1n) is 26.8. The van der Waals surface area contributed by atoms with Crippen LogP contribution in [-0.4, -0.2) is 152 Å². The molecule has 71 heavy (non-hydrogen) atoms. The van der Waals surface area contributed by atoms with Crippen LogP contribution < -0.4 is 20.4 Å². The number of imidazole rings is 1. The first-order chi connectivity index (χ1) is 34.5. The number of rotatable bonds is 9. The van der Waals surface area contributed by atoms with E-state index in [1.165, 1.54) is 19.3 Å². The van der Waals surface area contributed by atoms with Gasteiger partial charge in [-0.2, -0.15) is 0 Å². The van der Waals surface area contributed by atoms with Crippen molar-refractivity contribution >= 4 is 58.0 Å². The molecule has 2 N–H and O–H groups in total. The Morgan fingerprint density at radius 1 is 0.775 bits per heavy atom. The molecule has 9 heterocycles. The number of nitrogens with one attached hydrogen (secondary N) is 2. The molecule has 6 amide bonds. The van der Waals surface area contributed by atoms with Crippen LogP contribution >= 0.6 is 0 Å². The van der Waals surface area contributed by atoms with Crippen molar-refractivity contribution in [2.45, 2.75) is 133 Å². The van der Waals surface area contributed by atoms with E-state index in [9.17, 15) is 19.2 Å². The van der Waals surface area contributed by atoms with E-state index in [0.29, 0.717) is 90.1 Å². The van der Waals surface area contributed by atoms with Gasteiger partial charge in [0.25, 0.3) is 0 Å². The summed E-state index contributed by atoms with van der Waals surface area (Å²) in [6.45, 7) is 11.0. The van der Waals surface area contributed by atoms with Crippen molar-refractivity contribution in [3.8, 4) is 11.3 Å². The third-order valence-electron chi connectivity index (χ3n) is 17.4. The highest BCUT2D eigenvalue weighted by atomic mass is 16.2. The van der Waals surface area contributed by atoms with Crippen LogP contribution in [0, 0.1) is 5.92 Å². The number of fused-ring (bicyclic) bond motifs is 3. The molecule has 1 unspecified atom stereocenters. The number of pyridine rings is 2. The Hall–Kier alpha value is -6.10. The van der Waals surface area contributed by atoms with Gasteiger partial charge >= 0.3 is 6.03 Å². The molecule has 1 aromatic carbocycles. The molecule has 17 nitrogen and oxygen atoms in total. The molecule has 2 aliphatic carbocycles. The van der Waals surface area contributed by atoms with Gasteiger partial charge in [0.15, 0.2) is 5.82 Å². The maximum atomic E-state index is 15.2. The number of piperazine rings is 1. The summed E-state index contributed by atoms with van der Waals surface area (Å²) in [5, 5.41) is 6.12. The number of benzene rings is 1. The number of anilines is 3. The lowest BCUT2D eigenvalue weighted by Crippen LogP contribution is -2.59. The summed E-state index contributed by atoms with van der Waals surface area (Å²) < 4.78 is 2.19. The number of imide groups is 1. The predicted molar refractivity (Wildman–Crippen MR) is 270 cm³/mol. The van der Waals surface area contributed by atoms with Crippen molar-refractivity contribution < 1.29 is 24.0 Å². The Bertz CT molecular complexity index is 2720. The highest BCUT2D eigenvalue weighted by Crippen LogP contribution is 2.52. The molecule has 6 aliphatic heterocycles. The van der Waals surface area contributed by atoms with Crippen molar-refractivity contribution in [3.05, 3.63) is 60.0 Å². The number of amides is 6. The minimum absolute atomic E-state index is 0.00499. The van der Waals surface area contributed by atoms with Gasteiger partial charge in [0.1, 0.15) is 11.3 Å². The van der Waals surface area contributed by atoms with Crippen LogP contribution in [0.1, 0.15) is 120 Å². The molecule has 0 bridgehead atoms. The Morgan fingerprint density at radius 3 is 2.20 bits per heavy atom. The first-order valence-corrected chi connectivity index (χ1v) is 26.8. The largest absolute Gasteiger partial charge is 0.366 e. The molecule has 3 aromatic heterocycles. The van der Waals surface area contributed by atoms with Gasteiger partial charge in [-0.15, -0.1) is 0 Å². The molecule has 1 atom stereocenters. The van der Waals surface area contributed by atoms with E-state index in [1.54, 1.807) is 6.20 Å². The fourth-order valence-electron chi connectivity index (χ4n) is 12.9. The average molecular weight is 965 g/mol. The maximum Gasteiger partial charge on any atom is 0.320 e. The van der Waals surface area contributed by atoms with Crippen LogP contribution in [-0.2, 0) is 24.6 Å². The summed E-state index contributed by atoms with van der Waals surface area (Å²) in [6.07, 6.45) is 15.1. The molecular formula is C54H68N12O5. The van der Waals surface area contributed by atoms with Gasteiger partial charge in [-0.3, -0.25) is 24.5 Å². The van der Waals surface area contributed by atoms with Gasteiger partial charge in [-0.25, -0.2) is 19.7 Å². The molecule has 0 radical (unpaired) electrons. The number of nitrogens with zero attached hydrogens (tertiary/aromatic N) is 10. The van der Waals surface area contributed by atoms with E-state index in [0.717, 1.165) is 102 Å². The molecule has 8 aliphatic rings. The minimum atomic E-state index is -0.692. The smallest absolute Gasteiger partial charge is 0.320 e. The summed E-state index contributed by atoms with van der Waals surface area (Å²) in [5.74, 6) is 1.09. The quantitative estimate of drug-likeness (QED) is 0.187. The lowest BCUT2D eigenvalue weighted by Gasteiger charge is -2.48. The summed E-state index contributed by atoms with van der Waals surface area (Å²) in [4.78, 5) is 94.7. The number of urea groups is 1. The van der Waals surface area contributed by atoms with Crippen LogP contribution in [0.2, 0.25) is 0 Å². The second kappa shape index (κ2) is 18.5. The average Bonchev–Trinajstić information content (AvgIpc) is 4.05. The normalized spacial score (nSPS) is 25.3. The molecule has 7 fully saturated rings. The molecular weight excluding hydrogens is 897 g/mol. The zero-order chi connectivity index (χ0) is 48.5. The van der Waals surface area contributed by atoms with Crippen molar-refractivity contribution in [2.75, 3.05) is 80.6 Å². The summed E-state index contributed by atoms with van der Waals surface area (Å²) in [7, 11) is 0. The Morgan fingerprint density at radius 2 is 1.51 bits per heavy atom. The standard InChI is InChI=1S/C54H68N12O5/c1-34(2)65-33-56-44-31-43(58-49(48(44)65)57-38-8-9-38)36-6-11-42-45(28-36)66(40-29-39(30-40)60-18-4-3-5-19-60)52(70)54(42)16-22-63(23-17-54)53(71)64-26-24-62(25-27-64)51(69)35-14-20-61(21-15-35)46-12-7-37(32-55-46)41-10-13-47(67)59-50(41)68/h6-7,11-12,28,31-35,38-41H,3-5,8-10,13-27,29-30H2,1-2H3,(H,57,58)(H,59,67,68)/t39-,40+,41?. The van der Waals surface area contributed by atoms with E-state index in [4.69, 9.17) is 9.97 Å². The topological polar surface area (TPSA) is 172 Å². The van der Waals surface area contributed by atoms with E-state index in [-0.39, 0.29) is 53.6 Å². The van der Waals surface area contributed by atoms with Gasteiger partial charge < -0.3 is 39.3 Å². The second-order valence-corrected chi connectivity index (χ2v) is 22.0. The van der Waals surface area contributed by atoms with Crippen LogP contribution in [0.4, 0.5) is 22.1 Å². The van der Waals surface area contributed by atoms with E-state index >= 15 is 4.79 Å². The van der Waals surface area contributed by atoms with Crippen molar-refractivity contribution in [1.29, 1.82) is 0 Å². The van der Waals surface area contributed by atoms with Gasteiger partial charge in [0.05, 0.1) is 28.9 Å². The lowest BCUT2D eigenvalue weighted by molar-refractivity contribution is -0.138. The molecule has 5 saturated heterocycles. The zero-order valence-electron chi connectivity index (χ0n) is 41.4. The highest BCUT2D eigenvalue weighted by molar-refractivity contribution is 6.09. The fraction of sp³-hybridized carbons (Fsp3) is 0.593. The van der Waals surface area contributed by atoms with Gasteiger partial charge in [0, 0.05) is 106 Å². The third kappa shape index (κ3) is 8.48. The number of likely N-dealkylation sites (tertiary alicyclic amines) is 2. The summed E-state index contributed by atoms with van der Waals surface area (Å²) in [5.41, 5.74) is 5.97. The van der Waals surface area contributed by atoms with Crippen LogP contribution in [0.25, 0.3) is 22.3 Å². The number of hydrogen-bond acceptors (Lipinski definition) is 11. The zero-order valence-corrected chi connectivity index (χ0v) is 41.4. The SMILES string of the molecule is CC(C)n1cnc2cc(-c3ccc4c(c3)N([C@H]3C[C@@H](N5CCCCC5)C3)C(=O)C43CCN(C(=O)N4CCN(C(=O)C5CCN(c6ccc(C7CCC(=O)NC7=O)cn6)CC5)CC4)CC3)nc(NC3CC3)c21. The van der Waals surface area contributed by atoms with Crippen LogP contribution in [0.3, 0.4) is 0 Å². The Labute approximate surface area is 415 Å². The maximum absolute atomic E-state index is 15.2. The minimum Gasteiger partial charge on any atom is -0.366 e. The molecule has 2 saturated carbocycles. The monoisotopic (exact) mass is 965 g/mol. The van der Waals surface area contributed by atoms with Gasteiger partial charge in [-0.1, -0.05) is 24.6 Å². The Kier molecular flexibility index (Phi) is 12.0. The number of piperidine rings is 4. The van der Waals surface area contributed by atoms with E-state index < -0.39 is 5.41 Å². The second-order valence-electron chi connectivity index (χ2n) is 22.0. The lowest BCUT2D eigenvalue weighted by atomic mass is 9.73. The van der Waals surface area contributed by atoms with Gasteiger partial charge in [-0.05, 0) is 127 Å². The molecule has 4 aromatic rings. The first kappa shape index (κ1) is 46.0. The van der Waals surface area contributed by atoms with E-state index in [2.05, 4.69) is 73.0 Å². The number of aromatic nitrogens is 4. The van der Waals surface area contributed by atoms with Crippen LogP contribution in [0.5, 0.6) is 0 Å². The van der Waals surface area contributed by atoms with Crippen molar-refractivity contribution in [3.63, 3.8) is 0 Å². The molecule has 17 heteroatoms. The predicted octanol–water partition coefficient (Wildman–Crippen LogP) is 6.05. The highest BCUT2D eigenvalue weighted by Gasteiger charge is 2.56. The molecule has 374 valence electrons. The number of carbonyl (C=O) groups is 5. The fourth-order valence-corrected chi connectivity index (χ4v) is 12.9. The Balaban J connectivity index is 0.695. The summed E-state index contributed by atoms with van der Waals surface area (Å²) >= 11 is 0. The van der Waals surface area contributed by atoms with Crippen LogP contribution in [0.15, 0.2) is 48.9 Å². The number of carbonyl (C=O) groups excluding carboxylic acids is 5. The van der Waals surface area contributed by atoms with Crippen molar-refractivity contribution in [2.24, 2.45) is 5.92 Å². The summed E-state index contributed by atoms with van der Waals surface area (Å²) in [6, 6.07) is 13.8.